The Morgan fingerprint density at radius 1 is 1.14 bits per heavy atom. The van der Waals surface area contributed by atoms with Gasteiger partial charge in [0, 0.05) is 57.6 Å². The third kappa shape index (κ3) is 4.71. The molecule has 1 aliphatic rings. The lowest BCUT2D eigenvalue weighted by Gasteiger charge is -2.34. The Hall–Kier alpha value is -1.59. The van der Waals surface area contributed by atoms with E-state index < -0.39 is 0 Å². The summed E-state index contributed by atoms with van der Waals surface area (Å²) >= 11 is 6.08. The number of hydrogen-bond acceptors (Lipinski definition) is 3. The molecule has 1 saturated heterocycles. The molecule has 0 aromatic heterocycles. The molecular weight excluding hydrogens is 302 g/mol. The number of hydrogen-bond donors (Lipinski definition) is 1. The molecule has 6 heteroatoms. The van der Waals surface area contributed by atoms with Crippen LogP contribution in [0.4, 0.5) is 0 Å². The minimum Gasteiger partial charge on any atom is -0.339 e. The van der Waals surface area contributed by atoms with Crippen molar-refractivity contribution in [2.24, 2.45) is 0 Å². The first kappa shape index (κ1) is 16.8. The molecule has 0 radical (unpaired) electrons. The van der Waals surface area contributed by atoms with Crippen molar-refractivity contribution in [1.82, 2.24) is 15.1 Å². The quantitative estimate of drug-likeness (QED) is 0.836. The van der Waals surface area contributed by atoms with Gasteiger partial charge in [-0.25, -0.2) is 0 Å². The SMILES string of the molecule is CC(=O)N1CCN(C(=O)CCNCc2ccccc2Cl)CC1. The van der Waals surface area contributed by atoms with Crippen molar-refractivity contribution in [3.63, 3.8) is 0 Å². The molecule has 1 heterocycles. The standard InChI is InChI=1S/C16H22ClN3O2/c1-13(21)19-8-10-20(11-9-19)16(22)6-7-18-12-14-4-2-3-5-15(14)17/h2-5,18H,6-12H2,1H3. The lowest BCUT2D eigenvalue weighted by molar-refractivity contribution is -0.138. The Kier molecular flexibility index (Phi) is 6.21. The molecule has 2 rings (SSSR count). The summed E-state index contributed by atoms with van der Waals surface area (Å²) in [4.78, 5) is 27.0. The molecule has 0 saturated carbocycles. The third-order valence-electron chi connectivity index (χ3n) is 3.87. The molecule has 1 fully saturated rings. The summed E-state index contributed by atoms with van der Waals surface area (Å²) < 4.78 is 0. The summed E-state index contributed by atoms with van der Waals surface area (Å²) in [5, 5.41) is 3.98. The first-order chi connectivity index (χ1) is 10.6. The lowest BCUT2D eigenvalue weighted by Crippen LogP contribution is -2.50. The monoisotopic (exact) mass is 323 g/mol. The number of piperazine rings is 1. The molecule has 2 amide bonds. The third-order valence-corrected chi connectivity index (χ3v) is 4.24. The molecule has 22 heavy (non-hydrogen) atoms. The van der Waals surface area contributed by atoms with E-state index in [9.17, 15) is 9.59 Å². The summed E-state index contributed by atoms with van der Waals surface area (Å²) in [5.74, 6) is 0.211. The number of amides is 2. The first-order valence-corrected chi connectivity index (χ1v) is 7.93. The number of rotatable bonds is 5. The highest BCUT2D eigenvalue weighted by Gasteiger charge is 2.21. The van der Waals surface area contributed by atoms with Gasteiger partial charge in [-0.15, -0.1) is 0 Å². The zero-order valence-electron chi connectivity index (χ0n) is 12.8. The van der Waals surface area contributed by atoms with Gasteiger partial charge in [0.05, 0.1) is 0 Å². The second kappa shape index (κ2) is 8.15. The van der Waals surface area contributed by atoms with Crippen LogP contribution in [0.25, 0.3) is 0 Å². The van der Waals surface area contributed by atoms with Crippen molar-refractivity contribution in [2.45, 2.75) is 19.9 Å². The highest BCUT2D eigenvalue weighted by molar-refractivity contribution is 6.31. The summed E-state index contributed by atoms with van der Waals surface area (Å²) in [6, 6.07) is 7.68. The molecule has 1 aromatic carbocycles. The summed E-state index contributed by atoms with van der Waals surface area (Å²) in [6.45, 7) is 5.37. The minimum atomic E-state index is 0.0773. The van der Waals surface area contributed by atoms with Crippen LogP contribution < -0.4 is 5.32 Å². The van der Waals surface area contributed by atoms with E-state index in [0.29, 0.717) is 45.7 Å². The van der Waals surface area contributed by atoms with Crippen LogP contribution in [0, 0.1) is 0 Å². The predicted molar refractivity (Wildman–Crippen MR) is 86.6 cm³/mol. The zero-order chi connectivity index (χ0) is 15.9. The number of benzene rings is 1. The highest BCUT2D eigenvalue weighted by Crippen LogP contribution is 2.14. The molecule has 120 valence electrons. The summed E-state index contributed by atoms with van der Waals surface area (Å²) in [7, 11) is 0. The number of halogens is 1. The van der Waals surface area contributed by atoms with Gasteiger partial charge < -0.3 is 15.1 Å². The average Bonchev–Trinajstić information content (AvgIpc) is 2.53. The zero-order valence-corrected chi connectivity index (χ0v) is 13.6. The molecular formula is C16H22ClN3O2. The second-order valence-electron chi connectivity index (χ2n) is 5.41. The van der Waals surface area contributed by atoms with Gasteiger partial charge in [0.25, 0.3) is 0 Å². The molecule has 0 bridgehead atoms. The molecule has 5 nitrogen and oxygen atoms in total. The van der Waals surface area contributed by atoms with Crippen LogP contribution in [-0.4, -0.2) is 54.3 Å². The van der Waals surface area contributed by atoms with Gasteiger partial charge in [-0.05, 0) is 11.6 Å². The van der Waals surface area contributed by atoms with E-state index in [0.717, 1.165) is 10.6 Å². The maximum atomic E-state index is 12.1. The number of nitrogens with one attached hydrogen (secondary N) is 1. The molecule has 0 aliphatic carbocycles. The van der Waals surface area contributed by atoms with E-state index in [1.54, 1.807) is 11.8 Å². The fourth-order valence-electron chi connectivity index (χ4n) is 2.49. The van der Waals surface area contributed by atoms with Gasteiger partial charge in [-0.1, -0.05) is 29.8 Å². The molecule has 1 N–H and O–H groups in total. The van der Waals surface area contributed by atoms with E-state index in [4.69, 9.17) is 11.6 Å². The maximum absolute atomic E-state index is 12.1. The Balaban J connectivity index is 1.66. The van der Waals surface area contributed by atoms with Gasteiger partial charge in [0.15, 0.2) is 0 Å². The van der Waals surface area contributed by atoms with Crippen LogP contribution in [0.1, 0.15) is 18.9 Å². The van der Waals surface area contributed by atoms with E-state index in [-0.39, 0.29) is 11.8 Å². The van der Waals surface area contributed by atoms with Crippen molar-refractivity contribution < 1.29 is 9.59 Å². The molecule has 1 aliphatic heterocycles. The summed E-state index contributed by atoms with van der Waals surface area (Å²) in [5.41, 5.74) is 1.03. The Bertz CT molecular complexity index is 528. The Morgan fingerprint density at radius 2 is 1.77 bits per heavy atom. The number of carbonyl (C=O) groups excluding carboxylic acids is 2. The van der Waals surface area contributed by atoms with Crippen LogP contribution in [0.2, 0.25) is 5.02 Å². The smallest absolute Gasteiger partial charge is 0.223 e. The van der Waals surface area contributed by atoms with Gasteiger partial charge in [-0.2, -0.15) is 0 Å². The number of nitrogens with zero attached hydrogens (tertiary/aromatic N) is 2. The van der Waals surface area contributed by atoms with Crippen molar-refractivity contribution in [2.75, 3.05) is 32.7 Å². The van der Waals surface area contributed by atoms with Crippen LogP contribution in [0.15, 0.2) is 24.3 Å². The van der Waals surface area contributed by atoms with Crippen LogP contribution in [0.3, 0.4) is 0 Å². The van der Waals surface area contributed by atoms with Crippen LogP contribution in [-0.2, 0) is 16.1 Å². The Labute approximate surface area is 136 Å². The largest absolute Gasteiger partial charge is 0.339 e. The van der Waals surface area contributed by atoms with Crippen molar-refractivity contribution in [1.29, 1.82) is 0 Å². The average molecular weight is 324 g/mol. The van der Waals surface area contributed by atoms with Crippen molar-refractivity contribution in [3.8, 4) is 0 Å². The van der Waals surface area contributed by atoms with E-state index in [1.165, 1.54) is 0 Å². The fraction of sp³-hybridized carbons (Fsp3) is 0.500. The van der Waals surface area contributed by atoms with Gasteiger partial charge in [0.1, 0.15) is 0 Å². The predicted octanol–water partition coefficient (Wildman–Crippen LogP) is 1.51. The van der Waals surface area contributed by atoms with Gasteiger partial charge in [0.2, 0.25) is 11.8 Å². The van der Waals surface area contributed by atoms with E-state index in [1.807, 2.05) is 29.2 Å². The second-order valence-corrected chi connectivity index (χ2v) is 5.81. The number of carbonyl (C=O) groups is 2. The highest BCUT2D eigenvalue weighted by atomic mass is 35.5. The fourth-order valence-corrected chi connectivity index (χ4v) is 2.69. The minimum absolute atomic E-state index is 0.0773. The van der Waals surface area contributed by atoms with Crippen LogP contribution in [0.5, 0.6) is 0 Å². The van der Waals surface area contributed by atoms with Gasteiger partial charge in [-0.3, -0.25) is 9.59 Å². The van der Waals surface area contributed by atoms with Crippen LogP contribution >= 0.6 is 11.6 Å². The topological polar surface area (TPSA) is 52.7 Å². The van der Waals surface area contributed by atoms with E-state index in [2.05, 4.69) is 5.32 Å². The van der Waals surface area contributed by atoms with Crippen molar-refractivity contribution in [3.05, 3.63) is 34.9 Å². The van der Waals surface area contributed by atoms with Gasteiger partial charge >= 0.3 is 0 Å². The lowest BCUT2D eigenvalue weighted by atomic mass is 10.2. The molecule has 0 spiro atoms. The maximum Gasteiger partial charge on any atom is 0.223 e. The molecule has 0 unspecified atom stereocenters. The first-order valence-electron chi connectivity index (χ1n) is 7.55. The molecule has 1 aromatic rings. The Morgan fingerprint density at radius 3 is 2.41 bits per heavy atom. The normalized spacial score (nSPS) is 15.0. The van der Waals surface area contributed by atoms with E-state index >= 15 is 0 Å². The molecule has 0 atom stereocenters. The summed E-state index contributed by atoms with van der Waals surface area (Å²) in [6.07, 6.45) is 0.463. The van der Waals surface area contributed by atoms with Crippen molar-refractivity contribution >= 4 is 23.4 Å².